The number of hydrogen-bond donors (Lipinski definition) is 1. The topological polar surface area (TPSA) is 20.2 Å². The van der Waals surface area contributed by atoms with Crippen molar-refractivity contribution in [2.24, 2.45) is 0 Å². The zero-order chi connectivity index (χ0) is 16.5. The Morgan fingerprint density at radius 3 is 2.00 bits per heavy atom. The average Bonchev–Trinajstić information content (AvgIpc) is 2.53. The molecule has 0 radical (unpaired) electrons. The molecule has 0 aliphatic heterocycles. The minimum Gasteiger partial charge on any atom is -0.390 e. The molecule has 0 bridgehead atoms. The predicted molar refractivity (Wildman–Crippen MR) is 98.8 cm³/mol. The zero-order valence-corrected chi connectivity index (χ0v) is 14.6. The highest BCUT2D eigenvalue weighted by Crippen LogP contribution is 2.16. The van der Waals surface area contributed by atoms with Gasteiger partial charge in [0.15, 0.2) is 0 Å². The third-order valence-corrected chi connectivity index (χ3v) is 4.29. The number of aliphatic hydroxyl groups is 1. The quantitative estimate of drug-likeness (QED) is 0.619. The van der Waals surface area contributed by atoms with Gasteiger partial charge in [-0.3, -0.25) is 0 Å². The average molecular weight is 310 g/mol. The van der Waals surface area contributed by atoms with Gasteiger partial charge in [0.05, 0.1) is 5.60 Å². The molecule has 23 heavy (non-hydrogen) atoms. The van der Waals surface area contributed by atoms with Gasteiger partial charge in [-0.05, 0) is 62.6 Å². The Hall–Kier alpha value is -1.60. The summed E-state index contributed by atoms with van der Waals surface area (Å²) in [5.74, 6) is 0. The van der Waals surface area contributed by atoms with Crippen molar-refractivity contribution < 1.29 is 5.11 Å². The highest BCUT2D eigenvalue weighted by atomic mass is 16.3. The molecule has 0 atom stereocenters. The Bertz CT molecular complexity index is 566. The van der Waals surface area contributed by atoms with Crippen molar-refractivity contribution in [3.8, 4) is 0 Å². The molecule has 0 aromatic heterocycles. The summed E-state index contributed by atoms with van der Waals surface area (Å²) in [6.45, 7) is 3.78. The molecule has 1 heteroatoms. The highest BCUT2D eigenvalue weighted by molar-refractivity contribution is 5.25. The number of hydrogen-bond acceptors (Lipinski definition) is 1. The number of rotatable bonds is 9. The van der Waals surface area contributed by atoms with Gasteiger partial charge in [0.2, 0.25) is 0 Å². The molecular formula is C22H30O. The molecular weight excluding hydrogens is 280 g/mol. The first kappa shape index (κ1) is 17.7. The van der Waals surface area contributed by atoms with Gasteiger partial charge in [-0.2, -0.15) is 0 Å². The normalized spacial score (nSPS) is 11.6. The minimum absolute atomic E-state index is 0.517. The lowest BCUT2D eigenvalue weighted by Crippen LogP contribution is -2.17. The van der Waals surface area contributed by atoms with Crippen LogP contribution in [-0.2, 0) is 19.3 Å². The maximum atomic E-state index is 9.72. The lowest BCUT2D eigenvalue weighted by molar-refractivity contribution is 0.0681. The zero-order valence-electron chi connectivity index (χ0n) is 14.6. The fourth-order valence-corrected chi connectivity index (χ4v) is 2.94. The number of unbranched alkanes of at least 4 members (excludes halogenated alkanes) is 2. The van der Waals surface area contributed by atoms with Crippen LogP contribution in [0.2, 0.25) is 0 Å². The van der Waals surface area contributed by atoms with Crippen LogP contribution in [0, 0.1) is 0 Å². The summed E-state index contributed by atoms with van der Waals surface area (Å²) in [5, 5.41) is 9.72. The van der Waals surface area contributed by atoms with Crippen LogP contribution in [-0.4, -0.2) is 10.7 Å². The standard InChI is InChI=1S/C22H30O/c1-22(2,23)17-8-4-7-12-20-13-9-14-21(18-20)16-15-19-10-5-3-6-11-19/h3,5-6,9-11,13-14,18,23H,4,7-8,12,15-17H2,1-2H3. The lowest BCUT2D eigenvalue weighted by Gasteiger charge is -2.16. The van der Waals surface area contributed by atoms with Gasteiger partial charge < -0.3 is 5.11 Å². The molecule has 2 aromatic rings. The molecule has 1 nitrogen and oxygen atoms in total. The minimum atomic E-state index is -0.517. The van der Waals surface area contributed by atoms with E-state index in [9.17, 15) is 5.11 Å². The largest absolute Gasteiger partial charge is 0.390 e. The fourth-order valence-electron chi connectivity index (χ4n) is 2.94. The molecule has 0 saturated carbocycles. The first-order valence-corrected chi connectivity index (χ1v) is 8.87. The molecule has 0 spiro atoms. The molecule has 124 valence electrons. The lowest BCUT2D eigenvalue weighted by atomic mass is 9.98. The second-order valence-electron chi connectivity index (χ2n) is 7.18. The van der Waals surface area contributed by atoms with Crippen molar-refractivity contribution in [3.63, 3.8) is 0 Å². The fraction of sp³-hybridized carbons (Fsp3) is 0.455. The van der Waals surface area contributed by atoms with E-state index in [2.05, 4.69) is 54.6 Å². The molecule has 0 heterocycles. The molecule has 0 aliphatic carbocycles. The van der Waals surface area contributed by atoms with E-state index in [1.165, 1.54) is 29.5 Å². The van der Waals surface area contributed by atoms with E-state index in [1.807, 2.05) is 13.8 Å². The predicted octanol–water partition coefficient (Wildman–Crippen LogP) is 5.35. The van der Waals surface area contributed by atoms with Crippen LogP contribution in [0.4, 0.5) is 0 Å². The monoisotopic (exact) mass is 310 g/mol. The first-order valence-electron chi connectivity index (χ1n) is 8.87. The highest BCUT2D eigenvalue weighted by Gasteiger charge is 2.10. The van der Waals surface area contributed by atoms with Crippen LogP contribution in [0.3, 0.4) is 0 Å². The number of aryl methyl sites for hydroxylation is 3. The molecule has 0 aliphatic rings. The number of benzene rings is 2. The van der Waals surface area contributed by atoms with E-state index in [1.54, 1.807) is 0 Å². The molecule has 0 fully saturated rings. The summed E-state index contributed by atoms with van der Waals surface area (Å²) in [7, 11) is 0. The first-order chi connectivity index (χ1) is 11.0. The third-order valence-electron chi connectivity index (χ3n) is 4.29. The van der Waals surface area contributed by atoms with Crippen LogP contribution in [0.1, 0.15) is 56.2 Å². The summed E-state index contributed by atoms with van der Waals surface area (Å²) >= 11 is 0. The van der Waals surface area contributed by atoms with E-state index < -0.39 is 5.60 Å². The smallest absolute Gasteiger partial charge is 0.0591 e. The Kier molecular flexibility index (Phi) is 6.85. The van der Waals surface area contributed by atoms with Crippen molar-refractivity contribution >= 4 is 0 Å². The molecule has 0 amide bonds. The van der Waals surface area contributed by atoms with Gasteiger partial charge in [-0.1, -0.05) is 67.4 Å². The Morgan fingerprint density at radius 2 is 1.30 bits per heavy atom. The molecule has 2 aromatic carbocycles. The molecule has 2 rings (SSSR count). The van der Waals surface area contributed by atoms with E-state index in [0.717, 1.165) is 32.1 Å². The summed E-state index contributed by atoms with van der Waals surface area (Å²) in [6.07, 6.45) is 7.76. The Balaban J connectivity index is 1.74. The van der Waals surface area contributed by atoms with Crippen LogP contribution in [0.5, 0.6) is 0 Å². The maximum absolute atomic E-state index is 9.72. The van der Waals surface area contributed by atoms with E-state index in [0.29, 0.717) is 0 Å². The molecule has 0 saturated heterocycles. The Labute approximate surface area is 141 Å². The van der Waals surface area contributed by atoms with Crippen molar-refractivity contribution in [2.45, 2.75) is 64.4 Å². The molecule has 0 unspecified atom stereocenters. The van der Waals surface area contributed by atoms with Crippen molar-refractivity contribution in [3.05, 3.63) is 71.3 Å². The summed E-state index contributed by atoms with van der Waals surface area (Å²) in [4.78, 5) is 0. The van der Waals surface area contributed by atoms with Crippen LogP contribution >= 0.6 is 0 Å². The van der Waals surface area contributed by atoms with Crippen molar-refractivity contribution in [1.82, 2.24) is 0 Å². The van der Waals surface area contributed by atoms with E-state index >= 15 is 0 Å². The van der Waals surface area contributed by atoms with Gasteiger partial charge in [0, 0.05) is 0 Å². The van der Waals surface area contributed by atoms with Gasteiger partial charge in [0.1, 0.15) is 0 Å². The third kappa shape index (κ3) is 7.47. The van der Waals surface area contributed by atoms with E-state index in [4.69, 9.17) is 0 Å². The van der Waals surface area contributed by atoms with Gasteiger partial charge in [-0.15, -0.1) is 0 Å². The van der Waals surface area contributed by atoms with Crippen molar-refractivity contribution in [1.29, 1.82) is 0 Å². The summed E-state index contributed by atoms with van der Waals surface area (Å²) in [6, 6.07) is 19.7. The Morgan fingerprint density at radius 1 is 0.696 bits per heavy atom. The SMILES string of the molecule is CC(C)(O)CCCCCc1cccc(CCc2ccccc2)c1. The van der Waals surface area contributed by atoms with Crippen LogP contribution < -0.4 is 0 Å². The molecule has 1 N–H and O–H groups in total. The maximum Gasteiger partial charge on any atom is 0.0591 e. The van der Waals surface area contributed by atoms with E-state index in [-0.39, 0.29) is 0 Å². The summed E-state index contributed by atoms with van der Waals surface area (Å²) < 4.78 is 0. The van der Waals surface area contributed by atoms with Crippen molar-refractivity contribution in [2.75, 3.05) is 0 Å². The van der Waals surface area contributed by atoms with Crippen LogP contribution in [0.15, 0.2) is 54.6 Å². The summed E-state index contributed by atoms with van der Waals surface area (Å²) in [5.41, 5.74) is 3.77. The van der Waals surface area contributed by atoms with Crippen LogP contribution in [0.25, 0.3) is 0 Å². The second-order valence-corrected chi connectivity index (χ2v) is 7.18. The van der Waals surface area contributed by atoms with Gasteiger partial charge in [0.25, 0.3) is 0 Å². The van der Waals surface area contributed by atoms with Gasteiger partial charge >= 0.3 is 0 Å². The second kappa shape index (κ2) is 8.88. The van der Waals surface area contributed by atoms with Gasteiger partial charge in [-0.25, -0.2) is 0 Å².